The molecule has 0 unspecified atom stereocenters. The Morgan fingerprint density at radius 2 is 1.89 bits per heavy atom. The third-order valence-electron chi connectivity index (χ3n) is 5.76. The molecule has 5 rings (SSSR count). The molecule has 1 amide bonds. The second kappa shape index (κ2) is 9.46. The summed E-state index contributed by atoms with van der Waals surface area (Å²) < 4.78 is 10.8. The highest BCUT2D eigenvalue weighted by molar-refractivity contribution is 7.09. The fourth-order valence-corrected chi connectivity index (χ4v) is 4.77. The van der Waals surface area contributed by atoms with Crippen molar-refractivity contribution in [3.63, 3.8) is 0 Å². The Balaban J connectivity index is 1.46. The maximum absolute atomic E-state index is 13.4. The van der Waals surface area contributed by atoms with Crippen LogP contribution in [0.4, 0.5) is 16.5 Å². The van der Waals surface area contributed by atoms with E-state index >= 15 is 0 Å². The van der Waals surface area contributed by atoms with Gasteiger partial charge >= 0.3 is 0 Å². The molecule has 0 saturated carbocycles. The van der Waals surface area contributed by atoms with Crippen LogP contribution in [-0.4, -0.2) is 26.8 Å². The van der Waals surface area contributed by atoms with Crippen LogP contribution < -0.4 is 15.0 Å². The number of pyridine rings is 1. The Kier molecular flexibility index (Phi) is 6.21. The summed E-state index contributed by atoms with van der Waals surface area (Å²) in [6.45, 7) is 6.88. The van der Waals surface area contributed by atoms with Gasteiger partial charge in [-0.1, -0.05) is 51.1 Å². The molecule has 0 spiro atoms. The molecule has 0 radical (unpaired) electrons. The number of amides is 1. The largest absolute Gasteiger partial charge is 0.435 e. The Hall–Kier alpha value is -3.78. The van der Waals surface area contributed by atoms with E-state index in [4.69, 9.17) is 4.74 Å². The fourth-order valence-electron chi connectivity index (χ4n) is 4.00. The predicted octanol–water partition coefficient (Wildman–Crippen LogP) is 6.36. The Labute approximate surface area is 209 Å². The van der Waals surface area contributed by atoms with Crippen molar-refractivity contribution < 1.29 is 9.53 Å². The maximum atomic E-state index is 13.4. The van der Waals surface area contributed by atoms with Crippen LogP contribution in [0.3, 0.4) is 0 Å². The van der Waals surface area contributed by atoms with E-state index < -0.39 is 0 Å². The molecule has 4 aromatic rings. The highest BCUT2D eigenvalue weighted by Gasteiger charge is 2.28. The number of aromatic nitrogens is 3. The Morgan fingerprint density at radius 1 is 1.06 bits per heavy atom. The van der Waals surface area contributed by atoms with Gasteiger partial charge in [-0.3, -0.25) is 4.79 Å². The third kappa shape index (κ3) is 4.88. The molecule has 35 heavy (non-hydrogen) atoms. The number of carbonyl (C=O) groups excluding carboxylic acids is 1. The standard InChI is InChI=1S/C27H27N5O2S/c1-27(2,3)25-30-26(35-31-25)29-20-14-8-16-28-23(20)34-21-15-7-12-18-13-9-17-32(22(18)21)24(33)19-10-5-4-6-11-19/h4-8,10-12,14-16H,9,13,17H2,1-3H3,(H,29,30,31). The highest BCUT2D eigenvalue weighted by Crippen LogP contribution is 2.41. The zero-order valence-corrected chi connectivity index (χ0v) is 20.8. The molecule has 0 saturated heterocycles. The van der Waals surface area contributed by atoms with Crippen molar-refractivity contribution in [2.24, 2.45) is 0 Å². The number of carbonyl (C=O) groups is 1. The number of hydrogen-bond acceptors (Lipinski definition) is 7. The van der Waals surface area contributed by atoms with Crippen LogP contribution in [0.25, 0.3) is 0 Å². The lowest BCUT2D eigenvalue weighted by Gasteiger charge is -2.31. The molecule has 2 aromatic heterocycles. The summed E-state index contributed by atoms with van der Waals surface area (Å²) in [4.78, 5) is 24.3. The minimum atomic E-state index is -0.136. The summed E-state index contributed by atoms with van der Waals surface area (Å²) in [5, 5.41) is 3.97. The smallest absolute Gasteiger partial charge is 0.258 e. The van der Waals surface area contributed by atoms with E-state index in [1.54, 1.807) is 6.20 Å². The van der Waals surface area contributed by atoms with Gasteiger partial charge in [0.1, 0.15) is 11.5 Å². The van der Waals surface area contributed by atoms with Crippen molar-refractivity contribution in [3.8, 4) is 11.6 Å². The fraction of sp³-hybridized carbons (Fsp3) is 0.259. The van der Waals surface area contributed by atoms with Gasteiger partial charge in [0, 0.05) is 35.3 Å². The van der Waals surface area contributed by atoms with Gasteiger partial charge in [-0.25, -0.2) is 9.97 Å². The topological polar surface area (TPSA) is 80.2 Å². The Bertz CT molecular complexity index is 1350. The molecule has 0 aliphatic carbocycles. The number of nitrogens with zero attached hydrogens (tertiary/aromatic N) is 4. The van der Waals surface area contributed by atoms with Crippen LogP contribution in [0, 0.1) is 0 Å². The molecule has 1 aliphatic heterocycles. The van der Waals surface area contributed by atoms with Crippen LogP contribution in [0.15, 0.2) is 66.9 Å². The Morgan fingerprint density at radius 3 is 2.66 bits per heavy atom. The maximum Gasteiger partial charge on any atom is 0.258 e. The summed E-state index contributed by atoms with van der Waals surface area (Å²) in [5.74, 6) is 1.75. The van der Waals surface area contributed by atoms with Gasteiger partial charge in [0.05, 0.1) is 5.69 Å². The molecule has 7 nitrogen and oxygen atoms in total. The van der Waals surface area contributed by atoms with Crippen molar-refractivity contribution in [1.29, 1.82) is 0 Å². The molecule has 0 bridgehead atoms. The summed E-state index contributed by atoms with van der Waals surface area (Å²) in [5.41, 5.74) is 3.08. The van der Waals surface area contributed by atoms with Crippen molar-refractivity contribution in [2.45, 2.75) is 39.0 Å². The average Bonchev–Trinajstić information content (AvgIpc) is 3.34. The molecular weight excluding hydrogens is 458 g/mol. The van der Waals surface area contributed by atoms with Gasteiger partial charge in [0.15, 0.2) is 5.75 Å². The third-order valence-corrected chi connectivity index (χ3v) is 6.39. The van der Waals surface area contributed by atoms with E-state index in [1.807, 2.05) is 59.5 Å². The lowest BCUT2D eigenvalue weighted by atomic mass is 9.96. The molecule has 1 N–H and O–H groups in total. The van der Waals surface area contributed by atoms with E-state index in [0.29, 0.717) is 34.6 Å². The molecular formula is C27H27N5O2S. The predicted molar refractivity (Wildman–Crippen MR) is 139 cm³/mol. The van der Waals surface area contributed by atoms with Gasteiger partial charge in [-0.15, -0.1) is 0 Å². The van der Waals surface area contributed by atoms with Gasteiger partial charge < -0.3 is 15.0 Å². The lowest BCUT2D eigenvalue weighted by Crippen LogP contribution is -2.35. The number of benzene rings is 2. The molecule has 8 heteroatoms. The number of anilines is 3. The van der Waals surface area contributed by atoms with Crippen LogP contribution in [0.5, 0.6) is 11.6 Å². The summed E-state index contributed by atoms with van der Waals surface area (Å²) in [6.07, 6.45) is 3.47. The molecule has 178 valence electrons. The first kappa shape index (κ1) is 23.0. The van der Waals surface area contributed by atoms with E-state index in [0.717, 1.165) is 29.9 Å². The average molecular weight is 486 g/mol. The highest BCUT2D eigenvalue weighted by atomic mass is 32.1. The summed E-state index contributed by atoms with van der Waals surface area (Å²) in [6, 6.07) is 19.0. The van der Waals surface area contributed by atoms with Crippen LogP contribution >= 0.6 is 11.5 Å². The van der Waals surface area contributed by atoms with E-state index in [-0.39, 0.29) is 11.3 Å². The van der Waals surface area contributed by atoms with Gasteiger partial charge in [-0.2, -0.15) is 4.37 Å². The van der Waals surface area contributed by atoms with Gasteiger partial charge in [-0.05, 0) is 48.7 Å². The number of aryl methyl sites for hydroxylation is 1. The van der Waals surface area contributed by atoms with Gasteiger partial charge in [0.25, 0.3) is 5.91 Å². The molecule has 3 heterocycles. The monoisotopic (exact) mass is 485 g/mol. The minimum Gasteiger partial charge on any atom is -0.435 e. The van der Waals surface area contributed by atoms with Crippen molar-refractivity contribution in [3.05, 3.63) is 83.8 Å². The normalized spacial score (nSPS) is 13.3. The zero-order chi connectivity index (χ0) is 24.4. The zero-order valence-electron chi connectivity index (χ0n) is 20.0. The first-order chi connectivity index (χ1) is 16.9. The number of nitrogens with one attached hydrogen (secondary N) is 1. The summed E-state index contributed by atoms with van der Waals surface area (Å²) >= 11 is 1.30. The quantitative estimate of drug-likeness (QED) is 0.354. The molecule has 0 fully saturated rings. The minimum absolute atomic E-state index is 0.0365. The number of ether oxygens (including phenoxy) is 1. The van der Waals surface area contributed by atoms with Crippen molar-refractivity contribution in [1.82, 2.24) is 14.3 Å². The second-order valence-electron chi connectivity index (χ2n) is 9.45. The number of rotatable bonds is 5. The lowest BCUT2D eigenvalue weighted by molar-refractivity contribution is 0.0984. The first-order valence-corrected chi connectivity index (χ1v) is 12.4. The van der Waals surface area contributed by atoms with Crippen molar-refractivity contribution >= 4 is 33.9 Å². The number of para-hydroxylation sites is 1. The van der Waals surface area contributed by atoms with E-state index in [1.165, 1.54) is 11.5 Å². The molecule has 0 atom stereocenters. The van der Waals surface area contributed by atoms with E-state index in [2.05, 4.69) is 46.5 Å². The van der Waals surface area contributed by atoms with Crippen molar-refractivity contribution in [2.75, 3.05) is 16.8 Å². The van der Waals surface area contributed by atoms with Crippen LogP contribution in [-0.2, 0) is 11.8 Å². The first-order valence-electron chi connectivity index (χ1n) is 11.6. The SMILES string of the molecule is CC(C)(C)c1nsc(Nc2cccnc2Oc2cccc3c2N(C(=O)c2ccccc2)CCC3)n1. The van der Waals surface area contributed by atoms with Gasteiger partial charge in [0.2, 0.25) is 11.0 Å². The number of fused-ring (bicyclic) bond motifs is 1. The van der Waals surface area contributed by atoms with Crippen LogP contribution in [0.2, 0.25) is 0 Å². The van der Waals surface area contributed by atoms with E-state index in [9.17, 15) is 4.79 Å². The second-order valence-corrected chi connectivity index (χ2v) is 10.2. The summed E-state index contributed by atoms with van der Waals surface area (Å²) in [7, 11) is 0. The number of hydrogen-bond donors (Lipinski definition) is 1. The van der Waals surface area contributed by atoms with Crippen LogP contribution in [0.1, 0.15) is 48.9 Å². The molecule has 2 aromatic carbocycles. The molecule has 1 aliphatic rings.